The summed E-state index contributed by atoms with van der Waals surface area (Å²) in [5.41, 5.74) is 1.21. The van der Waals surface area contributed by atoms with Gasteiger partial charge in [0, 0.05) is 18.9 Å². The quantitative estimate of drug-likeness (QED) is 0.927. The van der Waals surface area contributed by atoms with Gasteiger partial charge in [0.25, 0.3) is 0 Å². The fourth-order valence-electron chi connectivity index (χ4n) is 2.69. The Hall–Kier alpha value is -2.43. The average molecular weight is 269 g/mol. The van der Waals surface area contributed by atoms with E-state index >= 15 is 0 Å². The van der Waals surface area contributed by atoms with E-state index in [4.69, 9.17) is 0 Å². The van der Waals surface area contributed by atoms with Gasteiger partial charge >= 0.3 is 5.97 Å². The van der Waals surface area contributed by atoms with E-state index < -0.39 is 5.97 Å². The Balaban J connectivity index is 1.99. The zero-order valence-corrected chi connectivity index (χ0v) is 10.9. The maximum Gasteiger partial charge on any atom is 0.339 e. The lowest BCUT2D eigenvalue weighted by Crippen LogP contribution is -2.26. The zero-order chi connectivity index (χ0) is 13.9. The lowest BCUT2D eigenvalue weighted by molar-refractivity contribution is 0.0697. The molecule has 0 unspecified atom stereocenters. The van der Waals surface area contributed by atoms with Gasteiger partial charge in [-0.2, -0.15) is 0 Å². The van der Waals surface area contributed by atoms with Crippen molar-refractivity contribution in [2.24, 2.45) is 0 Å². The van der Waals surface area contributed by atoms with Crippen LogP contribution in [0.4, 0.5) is 5.82 Å². The van der Waals surface area contributed by atoms with Crippen molar-refractivity contribution in [1.29, 1.82) is 0 Å². The summed E-state index contributed by atoms with van der Waals surface area (Å²) in [5.74, 6) is -0.409. The van der Waals surface area contributed by atoms with Crippen LogP contribution in [0.3, 0.4) is 0 Å². The Morgan fingerprint density at radius 3 is 2.80 bits per heavy atom. The predicted octanol–water partition coefficient (Wildman–Crippen LogP) is 2.52. The number of hydrogen-bond acceptors (Lipinski definition) is 4. The van der Waals surface area contributed by atoms with Gasteiger partial charge in [-0.15, -0.1) is 0 Å². The molecule has 2 aromatic rings. The molecule has 0 aliphatic carbocycles. The number of hydrogen-bond donors (Lipinski definition) is 1. The van der Waals surface area contributed by atoms with E-state index in [1.165, 1.54) is 0 Å². The van der Waals surface area contributed by atoms with Crippen LogP contribution < -0.4 is 4.90 Å². The summed E-state index contributed by atoms with van der Waals surface area (Å²) in [6.07, 6.45) is 5.38. The first kappa shape index (κ1) is 12.6. The molecule has 0 bridgehead atoms. The van der Waals surface area contributed by atoms with E-state index in [1.807, 2.05) is 23.1 Å². The van der Waals surface area contributed by atoms with Crippen molar-refractivity contribution >= 4 is 11.8 Å². The number of carbonyl (C=O) groups is 1. The molecule has 1 aliphatic rings. The largest absolute Gasteiger partial charge is 0.478 e. The second-order valence-electron chi connectivity index (χ2n) is 4.79. The molecule has 1 saturated heterocycles. The molecule has 5 nitrogen and oxygen atoms in total. The van der Waals surface area contributed by atoms with Gasteiger partial charge in [0.05, 0.1) is 11.7 Å². The lowest BCUT2D eigenvalue weighted by atomic mass is 10.1. The number of aromatic nitrogens is 2. The first-order chi connectivity index (χ1) is 9.77. The number of carboxylic acids is 1. The molecule has 20 heavy (non-hydrogen) atoms. The SMILES string of the molecule is O=C(O)c1cccnc1N1CCC[C@@H]1c1ccccn1. The minimum Gasteiger partial charge on any atom is -0.478 e. The van der Waals surface area contributed by atoms with Crippen LogP contribution in [-0.2, 0) is 0 Å². The van der Waals surface area contributed by atoms with E-state index in [2.05, 4.69) is 9.97 Å². The molecular formula is C15H15N3O2. The first-order valence-electron chi connectivity index (χ1n) is 6.63. The van der Waals surface area contributed by atoms with Crippen molar-refractivity contribution in [3.05, 3.63) is 54.0 Å². The summed E-state index contributed by atoms with van der Waals surface area (Å²) in [6, 6.07) is 9.16. The summed E-state index contributed by atoms with van der Waals surface area (Å²) in [6.45, 7) is 0.804. The minimum atomic E-state index is -0.945. The molecule has 0 aromatic carbocycles. The minimum absolute atomic E-state index is 0.101. The van der Waals surface area contributed by atoms with Crippen LogP contribution in [0.2, 0.25) is 0 Å². The third-order valence-corrected chi connectivity index (χ3v) is 3.57. The predicted molar refractivity (Wildman–Crippen MR) is 74.8 cm³/mol. The Morgan fingerprint density at radius 1 is 1.20 bits per heavy atom. The van der Waals surface area contributed by atoms with Crippen LogP contribution in [0.25, 0.3) is 0 Å². The van der Waals surface area contributed by atoms with E-state index in [0.717, 1.165) is 25.1 Å². The highest BCUT2D eigenvalue weighted by Crippen LogP contribution is 2.35. The van der Waals surface area contributed by atoms with Gasteiger partial charge in [0.1, 0.15) is 11.4 Å². The fourth-order valence-corrected chi connectivity index (χ4v) is 2.69. The molecular weight excluding hydrogens is 254 g/mol. The molecule has 1 N–H and O–H groups in total. The van der Waals surface area contributed by atoms with Crippen molar-refractivity contribution < 1.29 is 9.90 Å². The molecule has 3 heterocycles. The highest BCUT2D eigenvalue weighted by atomic mass is 16.4. The Morgan fingerprint density at radius 2 is 2.05 bits per heavy atom. The third-order valence-electron chi connectivity index (χ3n) is 3.57. The van der Waals surface area contributed by atoms with Crippen molar-refractivity contribution in [1.82, 2.24) is 9.97 Å². The van der Waals surface area contributed by atoms with Gasteiger partial charge in [0.15, 0.2) is 0 Å². The summed E-state index contributed by atoms with van der Waals surface area (Å²) in [4.78, 5) is 22.1. The number of carboxylic acid groups (broad SMARTS) is 1. The average Bonchev–Trinajstić information content (AvgIpc) is 2.97. The Bertz CT molecular complexity index is 616. The Labute approximate surface area is 116 Å². The lowest BCUT2D eigenvalue weighted by Gasteiger charge is -2.26. The van der Waals surface area contributed by atoms with Gasteiger partial charge in [-0.3, -0.25) is 4.98 Å². The highest BCUT2D eigenvalue weighted by Gasteiger charge is 2.30. The molecule has 2 aromatic heterocycles. The van der Waals surface area contributed by atoms with Gasteiger partial charge in [0.2, 0.25) is 0 Å². The second kappa shape index (κ2) is 5.28. The van der Waals surface area contributed by atoms with Gasteiger partial charge in [-0.05, 0) is 37.1 Å². The van der Waals surface area contributed by atoms with Crippen molar-refractivity contribution in [3.63, 3.8) is 0 Å². The molecule has 3 rings (SSSR count). The summed E-state index contributed by atoms with van der Waals surface area (Å²) in [7, 11) is 0. The summed E-state index contributed by atoms with van der Waals surface area (Å²) < 4.78 is 0. The third kappa shape index (κ3) is 2.22. The van der Waals surface area contributed by atoms with Gasteiger partial charge in [-0.25, -0.2) is 9.78 Å². The van der Waals surface area contributed by atoms with E-state index in [1.54, 1.807) is 24.5 Å². The van der Waals surface area contributed by atoms with Crippen molar-refractivity contribution in [2.75, 3.05) is 11.4 Å². The topological polar surface area (TPSA) is 66.3 Å². The van der Waals surface area contributed by atoms with Crippen LogP contribution in [0.5, 0.6) is 0 Å². The molecule has 5 heteroatoms. The number of pyridine rings is 2. The molecule has 0 saturated carbocycles. The maximum absolute atomic E-state index is 11.3. The number of rotatable bonds is 3. The molecule has 0 spiro atoms. The van der Waals surface area contributed by atoms with Crippen LogP contribution in [-0.4, -0.2) is 27.6 Å². The monoisotopic (exact) mass is 269 g/mol. The summed E-state index contributed by atoms with van der Waals surface area (Å²) in [5, 5.41) is 9.30. The molecule has 0 radical (unpaired) electrons. The summed E-state index contributed by atoms with van der Waals surface area (Å²) >= 11 is 0. The standard InChI is InChI=1S/C15H15N3O2/c19-15(20)11-5-3-9-17-14(11)18-10-4-7-13(18)12-6-1-2-8-16-12/h1-3,5-6,8-9,13H,4,7,10H2,(H,19,20)/t13-/m1/s1. The number of aromatic carboxylic acids is 1. The van der Waals surface area contributed by atoms with Crippen LogP contribution >= 0.6 is 0 Å². The van der Waals surface area contributed by atoms with Crippen molar-refractivity contribution in [3.8, 4) is 0 Å². The number of anilines is 1. The van der Waals surface area contributed by atoms with Crippen molar-refractivity contribution in [2.45, 2.75) is 18.9 Å². The van der Waals surface area contributed by atoms with Gasteiger partial charge < -0.3 is 10.0 Å². The first-order valence-corrected chi connectivity index (χ1v) is 6.63. The fraction of sp³-hybridized carbons (Fsp3) is 0.267. The smallest absolute Gasteiger partial charge is 0.339 e. The molecule has 1 atom stereocenters. The number of nitrogens with zero attached hydrogens (tertiary/aromatic N) is 3. The van der Waals surface area contributed by atoms with E-state index in [9.17, 15) is 9.90 Å². The van der Waals surface area contributed by atoms with E-state index in [0.29, 0.717) is 5.82 Å². The molecule has 102 valence electrons. The normalized spacial score (nSPS) is 18.2. The van der Waals surface area contributed by atoms with E-state index in [-0.39, 0.29) is 11.6 Å². The van der Waals surface area contributed by atoms with Gasteiger partial charge in [-0.1, -0.05) is 6.07 Å². The molecule has 1 fully saturated rings. The molecule has 1 aliphatic heterocycles. The second-order valence-corrected chi connectivity index (χ2v) is 4.79. The molecule has 0 amide bonds. The maximum atomic E-state index is 11.3. The Kier molecular flexibility index (Phi) is 3.33. The van der Waals surface area contributed by atoms with Crippen LogP contribution in [0.15, 0.2) is 42.7 Å². The zero-order valence-electron chi connectivity index (χ0n) is 10.9. The highest BCUT2D eigenvalue weighted by molar-refractivity contribution is 5.93. The van der Waals surface area contributed by atoms with Crippen LogP contribution in [0, 0.1) is 0 Å². The van der Waals surface area contributed by atoms with Crippen LogP contribution in [0.1, 0.15) is 34.9 Å².